The number of hydrogen-bond donors (Lipinski definition) is 0. The SMILES string of the molecule is CCCC1C(c2cccs2)=Cc2ccccc21. The molecule has 1 atom stereocenters. The molecule has 0 aliphatic heterocycles. The Hall–Kier alpha value is -1.34. The topological polar surface area (TPSA) is 0 Å². The van der Waals surface area contributed by atoms with Crippen LogP contribution in [0.2, 0.25) is 0 Å². The largest absolute Gasteiger partial charge is 0.144 e. The van der Waals surface area contributed by atoms with E-state index in [0.717, 1.165) is 0 Å². The van der Waals surface area contributed by atoms with E-state index >= 15 is 0 Å². The third kappa shape index (κ3) is 1.85. The lowest BCUT2D eigenvalue weighted by Crippen LogP contribution is -1.97. The predicted octanol–water partition coefficient (Wildman–Crippen LogP) is 5.19. The van der Waals surface area contributed by atoms with Crippen molar-refractivity contribution in [1.82, 2.24) is 0 Å². The standard InChI is InChI=1S/C16H16S/c1-2-6-14-13-8-4-3-7-12(13)11-15(14)16-9-5-10-17-16/h3-5,7-11,14H,2,6H2,1H3. The van der Waals surface area contributed by atoms with E-state index in [-0.39, 0.29) is 0 Å². The van der Waals surface area contributed by atoms with Gasteiger partial charge in [-0.25, -0.2) is 0 Å². The van der Waals surface area contributed by atoms with Crippen molar-refractivity contribution in [3.8, 4) is 0 Å². The molecule has 0 N–H and O–H groups in total. The second-order valence-electron chi connectivity index (χ2n) is 4.55. The predicted molar refractivity (Wildman–Crippen MR) is 76.3 cm³/mol. The molecule has 0 bridgehead atoms. The normalized spacial score (nSPS) is 17.9. The van der Waals surface area contributed by atoms with Gasteiger partial charge < -0.3 is 0 Å². The maximum Gasteiger partial charge on any atom is 0.0308 e. The second-order valence-corrected chi connectivity index (χ2v) is 5.49. The summed E-state index contributed by atoms with van der Waals surface area (Å²) in [7, 11) is 0. The van der Waals surface area contributed by atoms with Gasteiger partial charge in [0.1, 0.15) is 0 Å². The minimum absolute atomic E-state index is 0.606. The molecule has 0 amide bonds. The van der Waals surface area contributed by atoms with Crippen LogP contribution in [-0.4, -0.2) is 0 Å². The number of thiophene rings is 1. The number of rotatable bonds is 3. The van der Waals surface area contributed by atoms with Crippen LogP contribution in [0.3, 0.4) is 0 Å². The van der Waals surface area contributed by atoms with Crippen molar-refractivity contribution in [2.45, 2.75) is 25.7 Å². The zero-order valence-corrected chi connectivity index (χ0v) is 10.8. The highest BCUT2D eigenvalue weighted by molar-refractivity contribution is 7.11. The minimum atomic E-state index is 0.606. The summed E-state index contributed by atoms with van der Waals surface area (Å²) in [5, 5.41) is 2.17. The molecule has 1 heteroatoms. The van der Waals surface area contributed by atoms with Gasteiger partial charge in [0.15, 0.2) is 0 Å². The maximum atomic E-state index is 2.38. The van der Waals surface area contributed by atoms with Crippen molar-refractivity contribution in [2.75, 3.05) is 0 Å². The summed E-state index contributed by atoms with van der Waals surface area (Å²) < 4.78 is 0. The van der Waals surface area contributed by atoms with E-state index in [2.05, 4.69) is 54.8 Å². The lowest BCUT2D eigenvalue weighted by atomic mass is 9.91. The van der Waals surface area contributed by atoms with Crippen LogP contribution in [0.5, 0.6) is 0 Å². The summed E-state index contributed by atoms with van der Waals surface area (Å²) in [6.45, 7) is 2.27. The van der Waals surface area contributed by atoms with Crippen LogP contribution >= 0.6 is 11.3 Å². The first-order valence-electron chi connectivity index (χ1n) is 6.24. The van der Waals surface area contributed by atoms with Gasteiger partial charge in [-0.2, -0.15) is 0 Å². The van der Waals surface area contributed by atoms with Gasteiger partial charge in [-0.05, 0) is 40.6 Å². The summed E-state index contributed by atoms with van der Waals surface area (Å²) in [5.41, 5.74) is 4.44. The van der Waals surface area contributed by atoms with Crippen molar-refractivity contribution in [3.05, 3.63) is 57.8 Å². The Kier molecular flexibility index (Phi) is 2.86. The molecule has 0 nitrogen and oxygen atoms in total. The Bertz CT molecular complexity index is 534. The molecule has 0 saturated carbocycles. The first-order valence-corrected chi connectivity index (χ1v) is 7.12. The first kappa shape index (κ1) is 10.8. The maximum absolute atomic E-state index is 2.38. The lowest BCUT2D eigenvalue weighted by Gasteiger charge is -2.14. The summed E-state index contributed by atoms with van der Waals surface area (Å²) in [6, 6.07) is 13.2. The van der Waals surface area contributed by atoms with Gasteiger partial charge in [0.05, 0.1) is 0 Å². The molecule has 0 fully saturated rings. The molecule has 17 heavy (non-hydrogen) atoms. The van der Waals surface area contributed by atoms with E-state index in [1.807, 2.05) is 11.3 Å². The fraction of sp³-hybridized carbons (Fsp3) is 0.250. The molecule has 1 unspecified atom stereocenters. The Labute approximate surface area is 107 Å². The quantitative estimate of drug-likeness (QED) is 0.693. The van der Waals surface area contributed by atoms with Crippen molar-refractivity contribution in [3.63, 3.8) is 0 Å². The third-order valence-electron chi connectivity index (χ3n) is 3.44. The van der Waals surface area contributed by atoms with E-state index in [9.17, 15) is 0 Å². The summed E-state index contributed by atoms with van der Waals surface area (Å²) in [5.74, 6) is 0.606. The van der Waals surface area contributed by atoms with Crippen molar-refractivity contribution in [1.29, 1.82) is 0 Å². The third-order valence-corrected chi connectivity index (χ3v) is 4.36. The second kappa shape index (κ2) is 4.50. The average Bonchev–Trinajstić information content (AvgIpc) is 2.97. The molecule has 1 heterocycles. The molecule has 1 aliphatic carbocycles. The van der Waals surface area contributed by atoms with E-state index in [1.54, 1.807) is 0 Å². The summed E-state index contributed by atoms with van der Waals surface area (Å²) in [4.78, 5) is 1.43. The Morgan fingerprint density at radius 3 is 2.76 bits per heavy atom. The van der Waals surface area contributed by atoms with Crippen molar-refractivity contribution >= 4 is 23.0 Å². The Balaban J connectivity index is 2.06. The van der Waals surface area contributed by atoms with Crippen LogP contribution in [0.15, 0.2) is 41.8 Å². The van der Waals surface area contributed by atoms with Crippen molar-refractivity contribution in [2.24, 2.45) is 0 Å². The Morgan fingerprint density at radius 1 is 1.12 bits per heavy atom. The van der Waals surface area contributed by atoms with Gasteiger partial charge in [-0.3, -0.25) is 0 Å². The number of fused-ring (bicyclic) bond motifs is 1. The number of benzene rings is 1. The first-order chi connectivity index (χ1) is 8.40. The van der Waals surface area contributed by atoms with Crippen LogP contribution in [0.25, 0.3) is 11.6 Å². The minimum Gasteiger partial charge on any atom is -0.144 e. The van der Waals surface area contributed by atoms with Crippen LogP contribution in [0.4, 0.5) is 0 Å². The molecule has 2 aromatic rings. The van der Waals surface area contributed by atoms with E-state index in [1.165, 1.54) is 34.4 Å². The summed E-state index contributed by atoms with van der Waals surface area (Å²) >= 11 is 1.85. The summed E-state index contributed by atoms with van der Waals surface area (Å²) in [6.07, 6.45) is 4.87. The molecule has 1 aliphatic rings. The smallest absolute Gasteiger partial charge is 0.0308 e. The highest BCUT2D eigenvalue weighted by Gasteiger charge is 2.25. The molecule has 0 spiro atoms. The zero-order chi connectivity index (χ0) is 11.7. The number of allylic oxidation sites excluding steroid dienone is 1. The van der Waals surface area contributed by atoms with Gasteiger partial charge >= 0.3 is 0 Å². The van der Waals surface area contributed by atoms with Gasteiger partial charge in [-0.15, -0.1) is 11.3 Å². The van der Waals surface area contributed by atoms with Crippen molar-refractivity contribution < 1.29 is 0 Å². The highest BCUT2D eigenvalue weighted by Crippen LogP contribution is 2.45. The highest BCUT2D eigenvalue weighted by atomic mass is 32.1. The lowest BCUT2D eigenvalue weighted by molar-refractivity contribution is 0.738. The fourth-order valence-electron chi connectivity index (χ4n) is 2.68. The molecule has 86 valence electrons. The van der Waals surface area contributed by atoms with E-state index in [0.29, 0.717) is 5.92 Å². The van der Waals surface area contributed by atoms with Crippen LogP contribution in [0, 0.1) is 0 Å². The molecule has 3 rings (SSSR count). The zero-order valence-electron chi connectivity index (χ0n) is 10.0. The number of hydrogen-bond acceptors (Lipinski definition) is 1. The molecule has 0 saturated heterocycles. The molecule has 1 aromatic heterocycles. The van der Waals surface area contributed by atoms with Crippen LogP contribution < -0.4 is 0 Å². The van der Waals surface area contributed by atoms with Gasteiger partial charge in [0, 0.05) is 10.8 Å². The van der Waals surface area contributed by atoms with Crippen LogP contribution in [0.1, 0.15) is 41.7 Å². The molecular weight excluding hydrogens is 224 g/mol. The van der Waals surface area contributed by atoms with Gasteiger partial charge in [-0.1, -0.05) is 43.7 Å². The molecule has 0 radical (unpaired) electrons. The molecular formula is C16H16S. The molecule has 1 aromatic carbocycles. The average molecular weight is 240 g/mol. The van der Waals surface area contributed by atoms with E-state index < -0.39 is 0 Å². The van der Waals surface area contributed by atoms with Crippen LogP contribution in [-0.2, 0) is 0 Å². The van der Waals surface area contributed by atoms with Gasteiger partial charge in [0.25, 0.3) is 0 Å². The Morgan fingerprint density at radius 2 is 2.00 bits per heavy atom. The van der Waals surface area contributed by atoms with Gasteiger partial charge in [0.2, 0.25) is 0 Å². The fourth-order valence-corrected chi connectivity index (χ4v) is 3.48. The van der Waals surface area contributed by atoms with E-state index in [4.69, 9.17) is 0 Å². The monoisotopic (exact) mass is 240 g/mol.